The van der Waals surface area contributed by atoms with E-state index in [1.807, 2.05) is 18.7 Å². The maximum atomic E-state index is 12.8. The average molecular weight is 297 g/mol. The summed E-state index contributed by atoms with van der Waals surface area (Å²) < 4.78 is 0. The first-order valence-corrected chi connectivity index (χ1v) is 7.97. The van der Waals surface area contributed by atoms with Crippen molar-refractivity contribution in [2.75, 3.05) is 26.2 Å². The molecule has 120 valence electrons. The van der Waals surface area contributed by atoms with Crippen molar-refractivity contribution in [2.24, 2.45) is 0 Å². The molecule has 2 aliphatic heterocycles. The molecule has 0 aromatic carbocycles. The standard InChI is InChI=1S/C15H27N3O3/c1-4-11(2)18(10-14(19)20)15(21)17-9-13-6-5-7-16(13)8-12(17)3/h11-13H,4-10H2,1-3H3,(H,19,20). The van der Waals surface area contributed by atoms with Crippen LogP contribution in [-0.2, 0) is 4.79 Å². The van der Waals surface area contributed by atoms with Gasteiger partial charge in [-0.2, -0.15) is 0 Å². The number of piperazine rings is 1. The number of fused-ring (bicyclic) bond motifs is 1. The SMILES string of the molecule is CCC(C)N(CC(=O)O)C(=O)N1CC2CCCN2CC1C. The molecule has 0 aromatic rings. The number of carboxylic acid groups (broad SMARTS) is 1. The number of carboxylic acids is 1. The molecule has 2 amide bonds. The van der Waals surface area contributed by atoms with E-state index in [0.717, 1.165) is 32.5 Å². The van der Waals surface area contributed by atoms with Crippen LogP contribution < -0.4 is 0 Å². The second-order valence-corrected chi connectivity index (χ2v) is 6.35. The first-order chi connectivity index (χ1) is 9.93. The van der Waals surface area contributed by atoms with Crippen molar-refractivity contribution in [3.8, 4) is 0 Å². The van der Waals surface area contributed by atoms with E-state index in [1.165, 1.54) is 11.3 Å². The summed E-state index contributed by atoms with van der Waals surface area (Å²) >= 11 is 0. The van der Waals surface area contributed by atoms with E-state index in [-0.39, 0.29) is 24.7 Å². The van der Waals surface area contributed by atoms with Crippen molar-refractivity contribution in [3.63, 3.8) is 0 Å². The zero-order chi connectivity index (χ0) is 15.6. The van der Waals surface area contributed by atoms with Crippen molar-refractivity contribution in [1.29, 1.82) is 0 Å². The molecular weight excluding hydrogens is 270 g/mol. The average Bonchev–Trinajstić information content (AvgIpc) is 2.89. The lowest BCUT2D eigenvalue weighted by Gasteiger charge is -2.44. The maximum Gasteiger partial charge on any atom is 0.323 e. The van der Waals surface area contributed by atoms with Crippen LogP contribution in [0.4, 0.5) is 4.79 Å². The fraction of sp³-hybridized carbons (Fsp3) is 0.867. The Morgan fingerprint density at radius 1 is 1.38 bits per heavy atom. The van der Waals surface area contributed by atoms with Crippen molar-refractivity contribution < 1.29 is 14.7 Å². The number of amides is 2. The molecule has 0 radical (unpaired) electrons. The second kappa shape index (κ2) is 6.64. The minimum Gasteiger partial charge on any atom is -0.480 e. The van der Waals surface area contributed by atoms with Crippen LogP contribution in [0.2, 0.25) is 0 Å². The number of carbonyl (C=O) groups excluding carboxylic acids is 1. The Balaban J connectivity index is 2.09. The third-order valence-corrected chi connectivity index (χ3v) is 4.86. The van der Waals surface area contributed by atoms with E-state index in [9.17, 15) is 9.59 Å². The molecule has 6 nitrogen and oxygen atoms in total. The van der Waals surface area contributed by atoms with E-state index < -0.39 is 5.97 Å². The predicted molar refractivity (Wildman–Crippen MR) is 80.3 cm³/mol. The van der Waals surface area contributed by atoms with E-state index in [0.29, 0.717) is 6.04 Å². The number of carbonyl (C=O) groups is 2. The topological polar surface area (TPSA) is 64.1 Å². The monoisotopic (exact) mass is 297 g/mol. The summed E-state index contributed by atoms with van der Waals surface area (Å²) in [5.41, 5.74) is 0. The van der Waals surface area contributed by atoms with Crippen LogP contribution in [-0.4, -0.2) is 76.1 Å². The van der Waals surface area contributed by atoms with Crippen LogP contribution in [0.5, 0.6) is 0 Å². The van der Waals surface area contributed by atoms with Crippen molar-refractivity contribution in [3.05, 3.63) is 0 Å². The van der Waals surface area contributed by atoms with Gasteiger partial charge in [0.05, 0.1) is 0 Å². The lowest BCUT2D eigenvalue weighted by atomic mass is 10.1. The lowest BCUT2D eigenvalue weighted by Crippen LogP contribution is -2.60. The Bertz CT molecular complexity index is 402. The molecule has 2 rings (SSSR count). The smallest absolute Gasteiger partial charge is 0.323 e. The summed E-state index contributed by atoms with van der Waals surface area (Å²) in [6.07, 6.45) is 3.10. The molecule has 2 saturated heterocycles. The normalized spacial score (nSPS) is 27.3. The largest absolute Gasteiger partial charge is 0.480 e. The zero-order valence-corrected chi connectivity index (χ0v) is 13.3. The molecule has 3 unspecified atom stereocenters. The highest BCUT2D eigenvalue weighted by Gasteiger charge is 2.38. The quantitative estimate of drug-likeness (QED) is 0.853. The number of hydrogen-bond donors (Lipinski definition) is 1. The van der Waals surface area contributed by atoms with Crippen LogP contribution in [0, 0.1) is 0 Å². The van der Waals surface area contributed by atoms with Crippen LogP contribution in [0.1, 0.15) is 40.0 Å². The van der Waals surface area contributed by atoms with Gasteiger partial charge in [0, 0.05) is 31.2 Å². The van der Waals surface area contributed by atoms with Gasteiger partial charge in [-0.05, 0) is 39.7 Å². The minimum absolute atomic E-state index is 0.0533. The number of rotatable bonds is 4. The maximum absolute atomic E-state index is 12.8. The third kappa shape index (κ3) is 3.48. The van der Waals surface area contributed by atoms with Crippen LogP contribution in [0.25, 0.3) is 0 Å². The summed E-state index contributed by atoms with van der Waals surface area (Å²) in [5.74, 6) is -0.948. The van der Waals surface area contributed by atoms with Gasteiger partial charge >= 0.3 is 12.0 Å². The third-order valence-electron chi connectivity index (χ3n) is 4.86. The summed E-state index contributed by atoms with van der Waals surface area (Å²) in [6.45, 7) is 8.49. The number of aliphatic carboxylic acids is 1. The highest BCUT2D eigenvalue weighted by Crippen LogP contribution is 2.25. The molecule has 0 bridgehead atoms. The van der Waals surface area contributed by atoms with Gasteiger partial charge in [0.1, 0.15) is 6.54 Å². The van der Waals surface area contributed by atoms with Gasteiger partial charge in [0.15, 0.2) is 0 Å². The Labute approximate surface area is 126 Å². The van der Waals surface area contributed by atoms with E-state index in [2.05, 4.69) is 11.8 Å². The molecule has 0 aromatic heterocycles. The van der Waals surface area contributed by atoms with Crippen LogP contribution in [0.15, 0.2) is 0 Å². The molecule has 0 saturated carbocycles. The molecule has 2 aliphatic rings. The molecule has 2 fully saturated rings. The molecule has 21 heavy (non-hydrogen) atoms. The summed E-state index contributed by atoms with van der Waals surface area (Å²) in [4.78, 5) is 29.7. The highest BCUT2D eigenvalue weighted by molar-refractivity contribution is 5.80. The van der Waals surface area contributed by atoms with Gasteiger partial charge in [-0.1, -0.05) is 6.92 Å². The Morgan fingerprint density at radius 3 is 2.71 bits per heavy atom. The van der Waals surface area contributed by atoms with Gasteiger partial charge in [-0.25, -0.2) is 4.79 Å². The minimum atomic E-state index is -0.948. The molecular formula is C15H27N3O3. The van der Waals surface area contributed by atoms with Crippen molar-refractivity contribution >= 4 is 12.0 Å². The summed E-state index contributed by atoms with van der Waals surface area (Å²) in [5, 5.41) is 9.07. The number of hydrogen-bond acceptors (Lipinski definition) is 3. The predicted octanol–water partition coefficient (Wildman–Crippen LogP) is 1.46. The summed E-state index contributed by atoms with van der Waals surface area (Å²) in [7, 11) is 0. The molecule has 2 heterocycles. The Morgan fingerprint density at radius 2 is 2.10 bits per heavy atom. The first-order valence-electron chi connectivity index (χ1n) is 7.97. The van der Waals surface area contributed by atoms with Gasteiger partial charge in [-0.3, -0.25) is 9.69 Å². The highest BCUT2D eigenvalue weighted by atomic mass is 16.4. The van der Waals surface area contributed by atoms with Crippen molar-refractivity contribution in [1.82, 2.24) is 14.7 Å². The van der Waals surface area contributed by atoms with Gasteiger partial charge in [0.25, 0.3) is 0 Å². The second-order valence-electron chi connectivity index (χ2n) is 6.35. The van der Waals surface area contributed by atoms with Crippen molar-refractivity contribution in [2.45, 2.75) is 58.2 Å². The van der Waals surface area contributed by atoms with Gasteiger partial charge < -0.3 is 14.9 Å². The fourth-order valence-corrected chi connectivity index (χ4v) is 3.40. The van der Waals surface area contributed by atoms with E-state index in [1.54, 1.807) is 0 Å². The Hall–Kier alpha value is -1.30. The zero-order valence-electron chi connectivity index (χ0n) is 13.3. The number of urea groups is 1. The van der Waals surface area contributed by atoms with Gasteiger partial charge in [0.2, 0.25) is 0 Å². The van der Waals surface area contributed by atoms with E-state index >= 15 is 0 Å². The summed E-state index contributed by atoms with van der Waals surface area (Å²) in [6, 6.07) is 0.425. The van der Waals surface area contributed by atoms with Crippen LogP contribution in [0.3, 0.4) is 0 Å². The fourth-order valence-electron chi connectivity index (χ4n) is 3.40. The van der Waals surface area contributed by atoms with Gasteiger partial charge in [-0.15, -0.1) is 0 Å². The lowest BCUT2D eigenvalue weighted by molar-refractivity contribution is -0.138. The molecule has 0 spiro atoms. The number of nitrogens with zero attached hydrogens (tertiary/aromatic N) is 3. The molecule has 1 N–H and O–H groups in total. The van der Waals surface area contributed by atoms with Crippen LogP contribution >= 0.6 is 0 Å². The molecule has 0 aliphatic carbocycles. The first kappa shape index (κ1) is 16.1. The molecule has 6 heteroatoms. The van der Waals surface area contributed by atoms with E-state index in [4.69, 9.17) is 5.11 Å². The molecule has 3 atom stereocenters. The Kier molecular flexibility index (Phi) is 5.08.